The van der Waals surface area contributed by atoms with Crippen LogP contribution in [-0.2, 0) is 19.9 Å². The van der Waals surface area contributed by atoms with Crippen molar-refractivity contribution in [1.29, 1.82) is 0 Å². The Morgan fingerprint density at radius 2 is 1.86 bits per heavy atom. The van der Waals surface area contributed by atoms with Gasteiger partial charge in [0.1, 0.15) is 5.82 Å². The Morgan fingerprint density at radius 1 is 1.09 bits per heavy atom. The van der Waals surface area contributed by atoms with Crippen LogP contribution in [0.15, 0.2) is 48.5 Å². The molecule has 3 heteroatoms. The summed E-state index contributed by atoms with van der Waals surface area (Å²) in [6.07, 6.45) is 1.96. The Kier molecular flexibility index (Phi) is 4.25. The second-order valence-electron chi connectivity index (χ2n) is 5.83. The summed E-state index contributed by atoms with van der Waals surface area (Å²) in [5.74, 6) is 1.32. The van der Waals surface area contributed by atoms with Gasteiger partial charge in [0.2, 0.25) is 0 Å². The van der Waals surface area contributed by atoms with Crippen LogP contribution in [0.25, 0.3) is 11.0 Å². The lowest BCUT2D eigenvalue weighted by Gasteiger charge is -2.14. The van der Waals surface area contributed by atoms with Gasteiger partial charge in [-0.05, 0) is 36.1 Å². The minimum atomic E-state index is 0.241. The summed E-state index contributed by atoms with van der Waals surface area (Å²) in [6.45, 7) is 2.77. The maximum Gasteiger partial charge on any atom is 0.114 e. The van der Waals surface area contributed by atoms with Gasteiger partial charge < -0.3 is 10.3 Å². The highest BCUT2D eigenvalue weighted by molar-refractivity contribution is 5.77. The number of aromatic nitrogens is 2. The quantitative estimate of drug-likeness (QED) is 0.783. The largest absolute Gasteiger partial charge is 0.331 e. The van der Waals surface area contributed by atoms with Crippen LogP contribution in [0, 0.1) is 0 Å². The van der Waals surface area contributed by atoms with Gasteiger partial charge in [0, 0.05) is 19.5 Å². The molecule has 1 atom stereocenters. The van der Waals surface area contributed by atoms with E-state index < -0.39 is 0 Å². The Bertz CT molecular complexity index is 759. The molecule has 2 aromatic carbocycles. The van der Waals surface area contributed by atoms with Gasteiger partial charge in [-0.15, -0.1) is 0 Å². The maximum atomic E-state index is 6.05. The summed E-state index contributed by atoms with van der Waals surface area (Å²) in [5, 5.41) is 0. The molecule has 0 aliphatic rings. The molecule has 3 aromatic rings. The van der Waals surface area contributed by atoms with E-state index in [0.29, 0.717) is 6.54 Å². The molecule has 1 unspecified atom stereocenters. The van der Waals surface area contributed by atoms with Crippen molar-refractivity contribution in [2.24, 2.45) is 12.8 Å². The molecule has 0 spiro atoms. The van der Waals surface area contributed by atoms with E-state index in [0.717, 1.165) is 24.2 Å². The van der Waals surface area contributed by atoms with Crippen LogP contribution in [0.2, 0.25) is 0 Å². The highest BCUT2D eigenvalue weighted by atomic mass is 15.1. The molecule has 0 bridgehead atoms. The van der Waals surface area contributed by atoms with Crippen molar-refractivity contribution in [3.05, 3.63) is 65.5 Å². The number of hydrogen-bond donors (Lipinski definition) is 1. The fraction of sp³-hybridized carbons (Fsp3) is 0.316. The first-order valence-electron chi connectivity index (χ1n) is 7.92. The van der Waals surface area contributed by atoms with E-state index in [4.69, 9.17) is 10.7 Å². The second-order valence-corrected chi connectivity index (χ2v) is 5.83. The van der Waals surface area contributed by atoms with Crippen molar-refractivity contribution in [3.63, 3.8) is 0 Å². The van der Waals surface area contributed by atoms with Crippen molar-refractivity contribution in [2.45, 2.75) is 25.7 Å². The Balaban J connectivity index is 1.98. The van der Waals surface area contributed by atoms with Gasteiger partial charge in [-0.1, -0.05) is 43.3 Å². The standard InChI is InChI=1S/C19H23N3/c1-3-14-9-10-18-17(12-14)21-19(22(18)2)16(13-20)11-15-7-5-4-6-8-15/h4-10,12,16H,3,11,13,20H2,1-2H3. The SMILES string of the molecule is CCc1ccc2c(c1)nc(C(CN)Cc1ccccc1)n2C. The number of benzene rings is 2. The fourth-order valence-corrected chi connectivity index (χ4v) is 3.03. The molecule has 3 rings (SSSR count). The third-order valence-electron chi connectivity index (χ3n) is 4.36. The molecule has 2 N–H and O–H groups in total. The number of imidazole rings is 1. The molecule has 3 nitrogen and oxygen atoms in total. The normalized spacial score (nSPS) is 12.7. The van der Waals surface area contributed by atoms with Crippen LogP contribution in [-0.4, -0.2) is 16.1 Å². The van der Waals surface area contributed by atoms with Gasteiger partial charge in [-0.3, -0.25) is 0 Å². The molecule has 114 valence electrons. The van der Waals surface area contributed by atoms with Crippen molar-refractivity contribution in [2.75, 3.05) is 6.54 Å². The zero-order chi connectivity index (χ0) is 15.5. The summed E-state index contributed by atoms with van der Waals surface area (Å²) < 4.78 is 2.19. The highest BCUT2D eigenvalue weighted by Gasteiger charge is 2.18. The minimum absolute atomic E-state index is 0.241. The fourth-order valence-electron chi connectivity index (χ4n) is 3.03. The maximum absolute atomic E-state index is 6.05. The van der Waals surface area contributed by atoms with E-state index in [-0.39, 0.29) is 5.92 Å². The van der Waals surface area contributed by atoms with Gasteiger partial charge in [-0.25, -0.2) is 4.98 Å². The lowest BCUT2D eigenvalue weighted by molar-refractivity contribution is 0.623. The third kappa shape index (κ3) is 2.77. The first-order valence-corrected chi connectivity index (χ1v) is 7.92. The highest BCUT2D eigenvalue weighted by Crippen LogP contribution is 2.24. The van der Waals surface area contributed by atoms with Crippen molar-refractivity contribution in [1.82, 2.24) is 9.55 Å². The predicted molar refractivity (Wildman–Crippen MR) is 92.0 cm³/mol. The average Bonchev–Trinajstić information content (AvgIpc) is 2.89. The van der Waals surface area contributed by atoms with Gasteiger partial charge in [-0.2, -0.15) is 0 Å². The Labute approximate surface area is 131 Å². The monoisotopic (exact) mass is 293 g/mol. The lowest BCUT2D eigenvalue weighted by Crippen LogP contribution is -2.18. The molecule has 0 amide bonds. The van der Waals surface area contributed by atoms with Gasteiger partial charge in [0.25, 0.3) is 0 Å². The molecule has 0 fully saturated rings. The molecule has 22 heavy (non-hydrogen) atoms. The molecule has 1 heterocycles. The van der Waals surface area contributed by atoms with E-state index in [2.05, 4.69) is 61.0 Å². The van der Waals surface area contributed by atoms with Gasteiger partial charge >= 0.3 is 0 Å². The van der Waals surface area contributed by atoms with Gasteiger partial charge in [0.15, 0.2) is 0 Å². The van der Waals surface area contributed by atoms with Crippen LogP contribution >= 0.6 is 0 Å². The molecular formula is C19H23N3. The summed E-state index contributed by atoms with van der Waals surface area (Å²) >= 11 is 0. The van der Waals surface area contributed by atoms with Crippen molar-refractivity contribution < 1.29 is 0 Å². The van der Waals surface area contributed by atoms with Crippen LogP contribution in [0.3, 0.4) is 0 Å². The molecule has 1 aromatic heterocycles. The van der Waals surface area contributed by atoms with E-state index in [1.807, 2.05) is 6.07 Å². The van der Waals surface area contributed by atoms with Crippen LogP contribution < -0.4 is 5.73 Å². The summed E-state index contributed by atoms with van der Waals surface area (Å²) in [5.41, 5.74) is 10.9. The Hall–Kier alpha value is -2.13. The zero-order valence-corrected chi connectivity index (χ0v) is 13.3. The summed E-state index contributed by atoms with van der Waals surface area (Å²) in [4.78, 5) is 4.87. The van der Waals surface area contributed by atoms with E-state index in [1.165, 1.54) is 16.6 Å². The second kappa shape index (κ2) is 6.32. The number of aryl methyl sites for hydroxylation is 2. The first kappa shape index (κ1) is 14.8. The van der Waals surface area contributed by atoms with Crippen LogP contribution in [0.1, 0.15) is 29.8 Å². The number of hydrogen-bond acceptors (Lipinski definition) is 2. The van der Waals surface area contributed by atoms with E-state index in [9.17, 15) is 0 Å². The average molecular weight is 293 g/mol. The molecule has 0 radical (unpaired) electrons. The topological polar surface area (TPSA) is 43.8 Å². The first-order chi connectivity index (χ1) is 10.7. The number of nitrogens with two attached hydrogens (primary N) is 1. The number of rotatable bonds is 5. The lowest BCUT2D eigenvalue weighted by atomic mass is 9.98. The summed E-state index contributed by atoms with van der Waals surface area (Å²) in [6, 6.07) is 17.0. The number of fused-ring (bicyclic) bond motifs is 1. The minimum Gasteiger partial charge on any atom is -0.331 e. The van der Waals surface area contributed by atoms with E-state index in [1.54, 1.807) is 0 Å². The van der Waals surface area contributed by atoms with Crippen LogP contribution in [0.4, 0.5) is 0 Å². The third-order valence-corrected chi connectivity index (χ3v) is 4.36. The summed E-state index contributed by atoms with van der Waals surface area (Å²) in [7, 11) is 2.09. The molecule has 0 saturated heterocycles. The van der Waals surface area contributed by atoms with Crippen molar-refractivity contribution in [3.8, 4) is 0 Å². The zero-order valence-electron chi connectivity index (χ0n) is 13.3. The molecule has 0 aliphatic carbocycles. The predicted octanol–water partition coefficient (Wildman–Crippen LogP) is 3.42. The van der Waals surface area contributed by atoms with Crippen LogP contribution in [0.5, 0.6) is 0 Å². The van der Waals surface area contributed by atoms with E-state index >= 15 is 0 Å². The molecule has 0 aliphatic heterocycles. The Morgan fingerprint density at radius 3 is 2.55 bits per heavy atom. The number of nitrogens with zero attached hydrogens (tertiary/aromatic N) is 2. The van der Waals surface area contributed by atoms with Crippen molar-refractivity contribution >= 4 is 11.0 Å². The smallest absolute Gasteiger partial charge is 0.114 e. The van der Waals surface area contributed by atoms with Gasteiger partial charge in [0.05, 0.1) is 11.0 Å². The molecule has 0 saturated carbocycles. The molecular weight excluding hydrogens is 270 g/mol.